The fourth-order valence-electron chi connectivity index (χ4n) is 5.32. The average Bonchev–Trinajstić information content (AvgIpc) is 3.57. The number of hydrogen-bond donors (Lipinski definition) is 3. The SMILES string of the molecule is CCN1CCC(CN(c2ccc(N)cc2)c2nc3nc[nH]c3c(N3CCc4nc[nH]c4C3)[nH+]2)CC1. The number of piperidine rings is 1. The fraction of sp³-hybridized carbons (Fsp3) is 0.440. The van der Waals surface area contributed by atoms with Gasteiger partial charge >= 0.3 is 5.95 Å². The highest BCUT2D eigenvalue weighted by molar-refractivity contribution is 5.82. The molecule has 1 fully saturated rings. The van der Waals surface area contributed by atoms with Crippen molar-refractivity contribution in [2.45, 2.75) is 32.7 Å². The lowest BCUT2D eigenvalue weighted by atomic mass is 9.96. The number of imidazole rings is 2. The van der Waals surface area contributed by atoms with E-state index < -0.39 is 0 Å². The van der Waals surface area contributed by atoms with Crippen LogP contribution in [-0.2, 0) is 13.0 Å². The van der Waals surface area contributed by atoms with Crippen LogP contribution in [0.4, 0.5) is 23.1 Å². The molecule has 5 heterocycles. The second kappa shape index (κ2) is 9.18. The van der Waals surface area contributed by atoms with Gasteiger partial charge in [0.2, 0.25) is 11.5 Å². The molecule has 0 bridgehead atoms. The normalized spacial score (nSPS) is 17.1. The number of benzene rings is 1. The molecule has 5 N–H and O–H groups in total. The number of hydrogen-bond acceptors (Lipinski definition) is 7. The molecular weight excluding hydrogens is 440 g/mol. The monoisotopic (exact) mass is 473 g/mol. The number of nitrogens with zero attached hydrogens (tertiary/aromatic N) is 6. The molecule has 10 heteroatoms. The van der Waals surface area contributed by atoms with Crippen LogP contribution in [0, 0.1) is 5.92 Å². The molecule has 0 aliphatic carbocycles. The Bertz CT molecular complexity index is 1290. The van der Waals surface area contributed by atoms with Crippen LogP contribution in [0.25, 0.3) is 11.2 Å². The van der Waals surface area contributed by atoms with E-state index in [4.69, 9.17) is 10.7 Å². The molecule has 0 amide bonds. The summed E-state index contributed by atoms with van der Waals surface area (Å²) in [6, 6.07) is 8.08. The van der Waals surface area contributed by atoms with Crippen molar-refractivity contribution >= 4 is 34.3 Å². The Kier molecular flexibility index (Phi) is 5.73. The third kappa shape index (κ3) is 4.29. The van der Waals surface area contributed by atoms with Crippen molar-refractivity contribution in [3.05, 3.63) is 48.3 Å². The van der Waals surface area contributed by atoms with E-state index in [2.05, 4.69) is 58.7 Å². The summed E-state index contributed by atoms with van der Waals surface area (Å²) in [5.41, 5.74) is 11.8. The van der Waals surface area contributed by atoms with Crippen molar-refractivity contribution in [3.63, 3.8) is 0 Å². The molecule has 4 aromatic rings. The number of nitrogens with one attached hydrogen (secondary N) is 3. The van der Waals surface area contributed by atoms with E-state index >= 15 is 0 Å². The van der Waals surface area contributed by atoms with Crippen LogP contribution in [0.5, 0.6) is 0 Å². The second-order valence-corrected chi connectivity index (χ2v) is 9.59. The van der Waals surface area contributed by atoms with E-state index in [1.807, 2.05) is 12.1 Å². The molecule has 35 heavy (non-hydrogen) atoms. The van der Waals surface area contributed by atoms with Crippen molar-refractivity contribution in [1.29, 1.82) is 0 Å². The Morgan fingerprint density at radius 3 is 2.69 bits per heavy atom. The highest BCUT2D eigenvalue weighted by Crippen LogP contribution is 2.30. The minimum atomic E-state index is 0.589. The van der Waals surface area contributed by atoms with Crippen molar-refractivity contribution in [2.24, 2.45) is 5.92 Å². The van der Waals surface area contributed by atoms with Crippen molar-refractivity contribution in [3.8, 4) is 0 Å². The molecule has 3 aromatic heterocycles. The summed E-state index contributed by atoms with van der Waals surface area (Å²) >= 11 is 0. The Morgan fingerprint density at radius 2 is 1.89 bits per heavy atom. The quantitative estimate of drug-likeness (QED) is 0.368. The van der Waals surface area contributed by atoms with Crippen LogP contribution in [0.1, 0.15) is 31.2 Å². The number of fused-ring (bicyclic) bond motifs is 2. The molecule has 1 saturated heterocycles. The Balaban J connectivity index is 1.37. The van der Waals surface area contributed by atoms with Gasteiger partial charge in [0.25, 0.3) is 0 Å². The Labute approximate surface area is 204 Å². The van der Waals surface area contributed by atoms with E-state index in [1.54, 1.807) is 12.7 Å². The molecule has 10 nitrogen and oxygen atoms in total. The highest BCUT2D eigenvalue weighted by atomic mass is 15.3. The van der Waals surface area contributed by atoms with Crippen LogP contribution in [0.15, 0.2) is 36.9 Å². The van der Waals surface area contributed by atoms with Crippen molar-refractivity contribution < 1.29 is 4.98 Å². The van der Waals surface area contributed by atoms with Crippen molar-refractivity contribution in [1.82, 2.24) is 29.8 Å². The van der Waals surface area contributed by atoms with Gasteiger partial charge < -0.3 is 25.5 Å². The zero-order valence-electron chi connectivity index (χ0n) is 20.2. The number of aromatic amines is 3. The standard InChI is InChI=1S/C25H32N10/c1-2-33-10-7-17(8-11-33)13-35(19-5-3-18(26)4-6-19)25-31-23-22(29-16-30-23)24(32-25)34-12-9-20-21(14-34)28-15-27-20/h3-6,15-17H,2,7-14,26H2,1H3,(H,27,28)(H,29,30,31,32)/p+1. The first kappa shape index (κ1) is 21.8. The van der Waals surface area contributed by atoms with Gasteiger partial charge in [-0.05, 0) is 62.7 Å². The molecule has 2 aliphatic rings. The van der Waals surface area contributed by atoms with Crippen LogP contribution in [0.2, 0.25) is 0 Å². The van der Waals surface area contributed by atoms with Gasteiger partial charge in [0.1, 0.15) is 0 Å². The molecular formula is C25H33N10+. The zero-order chi connectivity index (χ0) is 23.8. The summed E-state index contributed by atoms with van der Waals surface area (Å²) in [6.07, 6.45) is 6.78. The highest BCUT2D eigenvalue weighted by Gasteiger charge is 2.31. The van der Waals surface area contributed by atoms with Gasteiger partial charge in [-0.2, -0.15) is 0 Å². The first-order valence-electron chi connectivity index (χ1n) is 12.6. The minimum absolute atomic E-state index is 0.589. The molecule has 6 rings (SSSR count). The number of anilines is 4. The van der Waals surface area contributed by atoms with Crippen LogP contribution < -0.4 is 20.5 Å². The molecule has 1 aromatic carbocycles. The predicted molar refractivity (Wildman–Crippen MR) is 136 cm³/mol. The third-order valence-electron chi connectivity index (χ3n) is 7.44. The van der Waals surface area contributed by atoms with E-state index in [1.165, 1.54) is 12.8 Å². The van der Waals surface area contributed by atoms with Gasteiger partial charge in [0, 0.05) is 12.1 Å². The lowest BCUT2D eigenvalue weighted by Crippen LogP contribution is -2.40. The predicted octanol–water partition coefficient (Wildman–Crippen LogP) is 2.51. The number of nitrogen functional groups attached to an aromatic ring is 1. The molecule has 182 valence electrons. The number of H-pyrrole nitrogens is 3. The maximum absolute atomic E-state index is 6.02. The lowest BCUT2D eigenvalue weighted by molar-refractivity contribution is -0.352. The topological polar surface area (TPSA) is 120 Å². The summed E-state index contributed by atoms with van der Waals surface area (Å²) in [5, 5.41) is 0. The Hall–Kier alpha value is -3.66. The van der Waals surface area contributed by atoms with E-state index in [0.29, 0.717) is 11.6 Å². The minimum Gasteiger partial charge on any atom is -0.399 e. The van der Waals surface area contributed by atoms with Crippen LogP contribution in [0.3, 0.4) is 0 Å². The van der Waals surface area contributed by atoms with Gasteiger partial charge in [0.15, 0.2) is 5.52 Å². The smallest absolute Gasteiger partial charge is 0.354 e. The largest absolute Gasteiger partial charge is 0.399 e. The van der Waals surface area contributed by atoms with Gasteiger partial charge in [-0.25, -0.2) is 19.9 Å². The van der Waals surface area contributed by atoms with E-state index in [9.17, 15) is 0 Å². The van der Waals surface area contributed by atoms with Gasteiger partial charge in [0.05, 0.1) is 49.4 Å². The summed E-state index contributed by atoms with van der Waals surface area (Å²) < 4.78 is 0. The van der Waals surface area contributed by atoms with Crippen LogP contribution in [-0.4, -0.2) is 62.5 Å². The molecule has 0 spiro atoms. The second-order valence-electron chi connectivity index (χ2n) is 9.59. The van der Waals surface area contributed by atoms with Gasteiger partial charge in [-0.15, -0.1) is 0 Å². The maximum Gasteiger partial charge on any atom is 0.354 e. The first-order valence-corrected chi connectivity index (χ1v) is 12.6. The van der Waals surface area contributed by atoms with Crippen molar-refractivity contribution in [2.75, 3.05) is 48.3 Å². The van der Waals surface area contributed by atoms with Crippen LogP contribution >= 0.6 is 0 Å². The zero-order valence-corrected chi connectivity index (χ0v) is 20.2. The van der Waals surface area contributed by atoms with Gasteiger partial charge in [-0.1, -0.05) is 11.9 Å². The summed E-state index contributed by atoms with van der Waals surface area (Å²) in [6.45, 7) is 8.20. The fourth-order valence-corrected chi connectivity index (χ4v) is 5.32. The number of rotatable bonds is 6. The summed E-state index contributed by atoms with van der Waals surface area (Å²) in [7, 11) is 0. The molecule has 0 radical (unpaired) electrons. The maximum atomic E-state index is 6.02. The van der Waals surface area contributed by atoms with E-state index in [-0.39, 0.29) is 0 Å². The molecule has 0 saturated carbocycles. The summed E-state index contributed by atoms with van der Waals surface area (Å²) in [5.74, 6) is 2.40. The van der Waals surface area contributed by atoms with E-state index in [0.717, 1.165) is 85.7 Å². The Morgan fingerprint density at radius 1 is 1.09 bits per heavy atom. The van der Waals surface area contributed by atoms with Gasteiger partial charge in [-0.3, -0.25) is 0 Å². The number of aromatic nitrogens is 6. The lowest BCUT2D eigenvalue weighted by Gasteiger charge is -2.33. The molecule has 0 atom stereocenters. The number of likely N-dealkylation sites (tertiary alicyclic amines) is 1. The summed E-state index contributed by atoms with van der Waals surface area (Å²) in [4.78, 5) is 31.4. The average molecular weight is 474 g/mol. The molecule has 2 aliphatic heterocycles. The third-order valence-corrected chi connectivity index (χ3v) is 7.44. The number of nitrogens with two attached hydrogens (primary N) is 1. The molecule has 0 unspecified atom stereocenters. The first-order chi connectivity index (χ1) is 17.2.